The molecule has 0 saturated carbocycles. The van der Waals surface area contributed by atoms with E-state index >= 15 is 0 Å². The van der Waals surface area contributed by atoms with Crippen LogP contribution in [-0.4, -0.2) is 45.4 Å². The molecule has 2 N–H and O–H groups in total. The number of ether oxygens (including phenoxy) is 1. The molecule has 47 heavy (non-hydrogen) atoms. The summed E-state index contributed by atoms with van der Waals surface area (Å²) in [6.45, 7) is 12.8. The Morgan fingerprint density at radius 2 is 1.51 bits per heavy atom. The Morgan fingerprint density at radius 1 is 0.872 bits per heavy atom. The smallest absolute Gasteiger partial charge is 0.325 e. The molecule has 2 atom stereocenters. The quantitative estimate of drug-likeness (QED) is 0.0984. The molecule has 4 aromatic rings. The lowest BCUT2D eigenvalue weighted by Gasteiger charge is -2.18. The van der Waals surface area contributed by atoms with E-state index < -0.39 is 23.8 Å². The van der Waals surface area contributed by atoms with Gasteiger partial charge in [0.05, 0.1) is 11.5 Å². The molecular formula is C38H45N3O5S. The van der Waals surface area contributed by atoms with Crippen molar-refractivity contribution in [3.05, 3.63) is 88.4 Å². The fourth-order valence-corrected chi connectivity index (χ4v) is 6.00. The predicted molar refractivity (Wildman–Crippen MR) is 187 cm³/mol. The molecule has 9 heteroatoms. The Kier molecular flexibility index (Phi) is 12.0. The summed E-state index contributed by atoms with van der Waals surface area (Å²) >= 11 is 1.44. The van der Waals surface area contributed by atoms with Crippen molar-refractivity contribution in [1.82, 2.24) is 15.3 Å². The average molecular weight is 656 g/mol. The number of carboxylic acids is 1. The van der Waals surface area contributed by atoms with E-state index in [9.17, 15) is 19.5 Å². The van der Waals surface area contributed by atoms with Gasteiger partial charge >= 0.3 is 5.97 Å². The number of nitrogens with zero attached hydrogens (tertiary/aromatic N) is 2. The number of carbonyl (C=O) groups excluding carboxylic acids is 2. The fraction of sp³-hybridized carbons (Fsp3) is 0.395. The van der Waals surface area contributed by atoms with Crippen LogP contribution in [0.2, 0.25) is 0 Å². The van der Waals surface area contributed by atoms with Crippen molar-refractivity contribution < 1.29 is 24.2 Å². The van der Waals surface area contributed by atoms with Crippen LogP contribution in [-0.2, 0) is 21.4 Å². The molecule has 8 nitrogen and oxygen atoms in total. The van der Waals surface area contributed by atoms with E-state index in [1.165, 1.54) is 18.3 Å². The second-order valence-corrected chi connectivity index (χ2v) is 14.5. The molecule has 2 aromatic carbocycles. The van der Waals surface area contributed by atoms with Gasteiger partial charge in [0, 0.05) is 40.7 Å². The van der Waals surface area contributed by atoms with Crippen LogP contribution < -0.4 is 10.1 Å². The molecule has 0 radical (unpaired) electrons. The van der Waals surface area contributed by atoms with Crippen molar-refractivity contribution in [2.24, 2.45) is 11.8 Å². The van der Waals surface area contributed by atoms with Gasteiger partial charge in [-0.3, -0.25) is 14.4 Å². The Labute approximate surface area is 281 Å². The first-order valence-corrected chi connectivity index (χ1v) is 16.9. The van der Waals surface area contributed by atoms with Gasteiger partial charge < -0.3 is 15.2 Å². The molecule has 248 valence electrons. The zero-order chi connectivity index (χ0) is 34.1. The number of ketones is 1. The number of rotatable bonds is 15. The third-order valence-corrected chi connectivity index (χ3v) is 9.43. The van der Waals surface area contributed by atoms with Gasteiger partial charge in [0.2, 0.25) is 5.91 Å². The normalized spacial score (nSPS) is 12.8. The Bertz CT molecular complexity index is 1640. The predicted octanol–water partition coefficient (Wildman–Crippen LogP) is 8.01. The van der Waals surface area contributed by atoms with Gasteiger partial charge in [-0.2, -0.15) is 0 Å². The fourth-order valence-electron chi connectivity index (χ4n) is 4.99. The molecule has 0 saturated heterocycles. The first-order valence-electron chi connectivity index (χ1n) is 16.1. The molecule has 2 aromatic heterocycles. The highest BCUT2D eigenvalue weighted by Gasteiger charge is 2.27. The van der Waals surface area contributed by atoms with Gasteiger partial charge in [0.1, 0.15) is 11.8 Å². The zero-order valence-electron chi connectivity index (χ0n) is 28.1. The molecule has 1 amide bonds. The SMILES string of the molecule is CC(C)CCCOc1ccc(-c2cnc(-c3ccc(C[C@H](CC(=O)c4ccc(C(C)(C)C)s4)C(=O)N[C@H](C)C(=O)O)cc3)nc2)cc1. The lowest BCUT2D eigenvalue weighted by Crippen LogP contribution is -2.42. The van der Waals surface area contributed by atoms with E-state index in [1.807, 2.05) is 60.7 Å². The first kappa shape index (κ1) is 35.5. The van der Waals surface area contributed by atoms with Crippen molar-refractivity contribution in [3.63, 3.8) is 0 Å². The molecule has 0 bridgehead atoms. The third kappa shape index (κ3) is 10.3. The topological polar surface area (TPSA) is 118 Å². The monoisotopic (exact) mass is 655 g/mol. The Hall–Kier alpha value is -4.37. The van der Waals surface area contributed by atoms with Crippen LogP contribution in [0.15, 0.2) is 73.1 Å². The number of benzene rings is 2. The van der Waals surface area contributed by atoms with Gasteiger partial charge in [-0.05, 0) is 72.9 Å². The van der Waals surface area contributed by atoms with Crippen molar-refractivity contribution >= 4 is 29.0 Å². The van der Waals surface area contributed by atoms with Crippen LogP contribution in [0.3, 0.4) is 0 Å². The van der Waals surface area contributed by atoms with E-state index in [4.69, 9.17) is 4.74 Å². The van der Waals surface area contributed by atoms with Crippen molar-refractivity contribution in [2.75, 3.05) is 6.61 Å². The summed E-state index contributed by atoms with van der Waals surface area (Å²) in [5, 5.41) is 11.9. The van der Waals surface area contributed by atoms with E-state index in [2.05, 4.69) is 49.9 Å². The Balaban J connectivity index is 1.42. The second-order valence-electron chi connectivity index (χ2n) is 13.4. The van der Waals surface area contributed by atoms with Gasteiger partial charge in [-0.1, -0.05) is 71.0 Å². The molecule has 0 aliphatic carbocycles. The van der Waals surface area contributed by atoms with Crippen molar-refractivity contribution in [1.29, 1.82) is 0 Å². The van der Waals surface area contributed by atoms with Crippen LogP contribution in [0.5, 0.6) is 5.75 Å². The summed E-state index contributed by atoms with van der Waals surface area (Å²) in [4.78, 5) is 48.7. The standard InChI is InChI=1S/C38H45N3O5S/c1-24(2)8-7-19-46-31-15-13-27(14-16-31)30-22-39-35(40-23-30)28-11-9-26(10-12-28)20-29(36(43)41-25(3)37(44)45)21-32(42)33-17-18-34(47-33)38(4,5)6/h9-18,22-25,29H,7-8,19-21H2,1-6H3,(H,41,43)(H,44,45)/t25-,29-/m1/s1. The number of aliphatic carboxylic acids is 1. The number of carboxylic acid groups (broad SMARTS) is 1. The highest BCUT2D eigenvalue weighted by Crippen LogP contribution is 2.31. The summed E-state index contributed by atoms with van der Waals surface area (Å²) in [5.41, 5.74) is 3.46. The van der Waals surface area contributed by atoms with E-state index in [1.54, 1.807) is 12.4 Å². The molecular weight excluding hydrogens is 611 g/mol. The van der Waals surface area contributed by atoms with Crippen LogP contribution in [0, 0.1) is 11.8 Å². The number of nitrogens with one attached hydrogen (secondary N) is 1. The highest BCUT2D eigenvalue weighted by atomic mass is 32.1. The number of hydrogen-bond donors (Lipinski definition) is 2. The van der Waals surface area contributed by atoms with Crippen LogP contribution in [0.4, 0.5) is 0 Å². The second kappa shape index (κ2) is 16.0. The van der Waals surface area contributed by atoms with Crippen LogP contribution >= 0.6 is 11.3 Å². The third-order valence-electron chi connectivity index (χ3n) is 7.88. The number of carbonyl (C=O) groups is 3. The Morgan fingerprint density at radius 3 is 2.09 bits per heavy atom. The summed E-state index contributed by atoms with van der Waals surface area (Å²) < 4.78 is 5.85. The molecule has 0 spiro atoms. The van der Waals surface area contributed by atoms with Gasteiger partial charge in [0.25, 0.3) is 0 Å². The number of amides is 1. The van der Waals surface area contributed by atoms with Crippen LogP contribution in [0.25, 0.3) is 22.5 Å². The van der Waals surface area contributed by atoms with E-state index in [-0.39, 0.29) is 24.0 Å². The maximum absolute atomic E-state index is 13.3. The molecule has 0 fully saturated rings. The number of aromatic nitrogens is 2. The maximum atomic E-state index is 13.3. The lowest BCUT2D eigenvalue weighted by atomic mass is 9.92. The van der Waals surface area contributed by atoms with Crippen molar-refractivity contribution in [2.45, 2.75) is 78.7 Å². The minimum absolute atomic E-state index is 0.0279. The summed E-state index contributed by atoms with van der Waals surface area (Å²) in [5.74, 6) is -0.385. The minimum atomic E-state index is -1.13. The van der Waals surface area contributed by atoms with Gasteiger partial charge in [-0.15, -0.1) is 11.3 Å². The summed E-state index contributed by atoms with van der Waals surface area (Å²) in [6, 6.07) is 18.2. The molecule has 4 rings (SSSR count). The van der Waals surface area contributed by atoms with E-state index in [0.717, 1.165) is 45.7 Å². The summed E-state index contributed by atoms with van der Waals surface area (Å²) in [6.07, 6.45) is 6.01. The van der Waals surface area contributed by atoms with Crippen molar-refractivity contribution in [3.8, 4) is 28.3 Å². The molecule has 0 unspecified atom stereocenters. The zero-order valence-corrected chi connectivity index (χ0v) is 28.9. The molecule has 2 heterocycles. The van der Waals surface area contributed by atoms with Gasteiger partial charge in [-0.25, -0.2) is 9.97 Å². The first-order chi connectivity index (χ1) is 22.3. The maximum Gasteiger partial charge on any atom is 0.325 e. The molecule has 0 aliphatic heterocycles. The number of hydrogen-bond acceptors (Lipinski definition) is 7. The van der Waals surface area contributed by atoms with Gasteiger partial charge in [0.15, 0.2) is 11.6 Å². The van der Waals surface area contributed by atoms with E-state index in [0.29, 0.717) is 23.2 Å². The number of thiophene rings is 1. The average Bonchev–Trinajstić information content (AvgIpc) is 3.55. The van der Waals surface area contributed by atoms with Crippen LogP contribution in [0.1, 0.15) is 80.9 Å². The summed E-state index contributed by atoms with van der Waals surface area (Å²) in [7, 11) is 0. The largest absolute Gasteiger partial charge is 0.494 e. The number of Topliss-reactive ketones (excluding diaryl/α,β-unsaturated/α-hetero) is 1. The minimum Gasteiger partial charge on any atom is -0.494 e. The highest BCUT2D eigenvalue weighted by molar-refractivity contribution is 7.14. The molecule has 0 aliphatic rings. The lowest BCUT2D eigenvalue weighted by molar-refractivity contribution is -0.141.